The number of H-pyrrole nitrogens is 1. The third-order valence-electron chi connectivity index (χ3n) is 4.28. The first-order chi connectivity index (χ1) is 9.28. The van der Waals surface area contributed by atoms with E-state index in [1.165, 1.54) is 12.8 Å². The predicted octanol–water partition coefficient (Wildman–Crippen LogP) is 2.06. The van der Waals surface area contributed by atoms with Crippen LogP contribution < -0.4 is 5.69 Å². The highest BCUT2D eigenvalue weighted by Gasteiger charge is 2.19. The fraction of sp³-hybridized carbons (Fsp3) is 0.533. The molecule has 2 heterocycles. The van der Waals surface area contributed by atoms with Crippen LogP contribution in [0, 0.1) is 5.92 Å². The van der Waals surface area contributed by atoms with Crippen LogP contribution in [0.25, 0.3) is 11.0 Å². The van der Waals surface area contributed by atoms with Crippen molar-refractivity contribution in [3.05, 3.63) is 34.7 Å². The van der Waals surface area contributed by atoms with E-state index in [1.54, 1.807) is 0 Å². The van der Waals surface area contributed by atoms with E-state index in [1.807, 2.05) is 28.8 Å². The maximum absolute atomic E-state index is 12.0. The lowest BCUT2D eigenvalue weighted by atomic mass is 9.97. The van der Waals surface area contributed by atoms with Crippen LogP contribution in [-0.4, -0.2) is 34.1 Å². The molecule has 19 heavy (non-hydrogen) atoms. The molecular weight excluding hydrogens is 238 g/mol. The Morgan fingerprint density at radius 2 is 2.00 bits per heavy atom. The van der Waals surface area contributed by atoms with Crippen molar-refractivity contribution in [2.24, 2.45) is 5.92 Å². The van der Waals surface area contributed by atoms with E-state index in [-0.39, 0.29) is 5.69 Å². The summed E-state index contributed by atoms with van der Waals surface area (Å²) in [4.78, 5) is 17.4. The average Bonchev–Trinajstić information content (AvgIpc) is 2.76. The number of nitrogens with zero attached hydrogens (tertiary/aromatic N) is 2. The second kappa shape index (κ2) is 5.21. The Morgan fingerprint density at radius 3 is 2.74 bits per heavy atom. The van der Waals surface area contributed by atoms with Crippen LogP contribution in [-0.2, 0) is 6.54 Å². The third-order valence-corrected chi connectivity index (χ3v) is 4.28. The number of aromatic nitrogens is 2. The Bertz CT molecular complexity index is 605. The van der Waals surface area contributed by atoms with Gasteiger partial charge in [0, 0.05) is 6.54 Å². The summed E-state index contributed by atoms with van der Waals surface area (Å²) in [5, 5.41) is 0. The van der Waals surface area contributed by atoms with Crippen LogP contribution >= 0.6 is 0 Å². The first kappa shape index (κ1) is 12.5. The maximum atomic E-state index is 12.0. The Hall–Kier alpha value is -1.55. The number of piperidine rings is 1. The summed E-state index contributed by atoms with van der Waals surface area (Å²) in [5.74, 6) is 0.625. The van der Waals surface area contributed by atoms with Gasteiger partial charge in [-0.05, 0) is 50.5 Å². The van der Waals surface area contributed by atoms with Crippen LogP contribution in [0.2, 0.25) is 0 Å². The minimum Gasteiger partial charge on any atom is -0.306 e. The molecule has 0 spiro atoms. The number of imidazole rings is 1. The Morgan fingerprint density at radius 1 is 1.26 bits per heavy atom. The van der Waals surface area contributed by atoms with Gasteiger partial charge in [0.2, 0.25) is 0 Å². The monoisotopic (exact) mass is 259 g/mol. The molecule has 0 unspecified atom stereocenters. The molecule has 102 valence electrons. The SMILES string of the molecule is CCN1CCC(Cn2c(=O)[nH]c3ccccc32)CC1. The van der Waals surface area contributed by atoms with Gasteiger partial charge in [-0.1, -0.05) is 19.1 Å². The molecule has 4 nitrogen and oxygen atoms in total. The van der Waals surface area contributed by atoms with Crippen LogP contribution in [0.5, 0.6) is 0 Å². The van der Waals surface area contributed by atoms with Crippen molar-refractivity contribution in [1.29, 1.82) is 0 Å². The van der Waals surface area contributed by atoms with Gasteiger partial charge in [0.1, 0.15) is 0 Å². The van der Waals surface area contributed by atoms with Crippen molar-refractivity contribution in [2.45, 2.75) is 26.3 Å². The molecule has 3 rings (SSSR count). The number of hydrogen-bond acceptors (Lipinski definition) is 2. The molecule has 1 saturated heterocycles. The summed E-state index contributed by atoms with van der Waals surface area (Å²) in [7, 11) is 0. The van der Waals surface area contributed by atoms with Gasteiger partial charge >= 0.3 is 5.69 Å². The largest absolute Gasteiger partial charge is 0.326 e. The molecule has 1 fully saturated rings. The number of hydrogen-bond donors (Lipinski definition) is 1. The Balaban J connectivity index is 1.79. The highest BCUT2D eigenvalue weighted by atomic mass is 16.1. The van der Waals surface area contributed by atoms with Crippen LogP contribution in [0.3, 0.4) is 0 Å². The van der Waals surface area contributed by atoms with Crippen molar-refractivity contribution in [3.63, 3.8) is 0 Å². The van der Waals surface area contributed by atoms with Gasteiger partial charge in [-0.15, -0.1) is 0 Å². The summed E-state index contributed by atoms with van der Waals surface area (Å²) in [6.45, 7) is 6.53. The topological polar surface area (TPSA) is 41.0 Å². The lowest BCUT2D eigenvalue weighted by Crippen LogP contribution is -2.35. The summed E-state index contributed by atoms with van der Waals surface area (Å²) in [5.41, 5.74) is 2.00. The highest BCUT2D eigenvalue weighted by molar-refractivity contribution is 5.74. The number of likely N-dealkylation sites (tertiary alicyclic amines) is 1. The van der Waals surface area contributed by atoms with Crippen molar-refractivity contribution in [3.8, 4) is 0 Å². The predicted molar refractivity (Wildman–Crippen MR) is 77.4 cm³/mol. The number of aromatic amines is 1. The van der Waals surface area contributed by atoms with E-state index in [0.717, 1.165) is 37.2 Å². The van der Waals surface area contributed by atoms with E-state index in [4.69, 9.17) is 0 Å². The third kappa shape index (κ3) is 2.45. The van der Waals surface area contributed by atoms with Crippen molar-refractivity contribution in [2.75, 3.05) is 19.6 Å². The fourth-order valence-electron chi connectivity index (χ4n) is 3.03. The first-order valence-electron chi connectivity index (χ1n) is 7.18. The van der Waals surface area contributed by atoms with E-state index in [0.29, 0.717) is 5.92 Å². The van der Waals surface area contributed by atoms with E-state index in [2.05, 4.69) is 16.8 Å². The molecule has 1 aliphatic rings. The Kier molecular flexibility index (Phi) is 3.42. The van der Waals surface area contributed by atoms with Crippen LogP contribution in [0.15, 0.2) is 29.1 Å². The molecule has 0 radical (unpaired) electrons. The zero-order chi connectivity index (χ0) is 13.2. The molecule has 0 atom stereocenters. The molecule has 4 heteroatoms. The highest BCUT2D eigenvalue weighted by Crippen LogP contribution is 2.20. The molecule has 1 N–H and O–H groups in total. The maximum Gasteiger partial charge on any atom is 0.326 e. The smallest absolute Gasteiger partial charge is 0.306 e. The van der Waals surface area contributed by atoms with E-state index in [9.17, 15) is 4.79 Å². The number of nitrogens with one attached hydrogen (secondary N) is 1. The molecule has 1 aromatic heterocycles. The summed E-state index contributed by atoms with van der Waals surface area (Å²) in [6.07, 6.45) is 2.39. The lowest BCUT2D eigenvalue weighted by molar-refractivity contribution is 0.181. The molecule has 1 aromatic carbocycles. The fourth-order valence-corrected chi connectivity index (χ4v) is 3.03. The van der Waals surface area contributed by atoms with Gasteiger partial charge < -0.3 is 9.88 Å². The standard InChI is InChI=1S/C15H21N3O/c1-2-17-9-7-12(8-10-17)11-18-14-6-4-3-5-13(14)16-15(18)19/h3-6,12H,2,7-11H2,1H3,(H,16,19). The number of rotatable bonds is 3. The van der Waals surface area contributed by atoms with Crippen LogP contribution in [0.4, 0.5) is 0 Å². The number of fused-ring (bicyclic) bond motifs is 1. The average molecular weight is 259 g/mol. The van der Waals surface area contributed by atoms with E-state index >= 15 is 0 Å². The first-order valence-corrected chi connectivity index (χ1v) is 7.18. The van der Waals surface area contributed by atoms with Crippen molar-refractivity contribution >= 4 is 11.0 Å². The quantitative estimate of drug-likeness (QED) is 0.916. The van der Waals surface area contributed by atoms with E-state index < -0.39 is 0 Å². The summed E-state index contributed by atoms with van der Waals surface area (Å²) < 4.78 is 1.90. The summed E-state index contributed by atoms with van der Waals surface area (Å²) in [6, 6.07) is 7.94. The minimum atomic E-state index is 0.0270. The van der Waals surface area contributed by atoms with Gasteiger partial charge in [-0.3, -0.25) is 4.57 Å². The lowest BCUT2D eigenvalue weighted by Gasteiger charge is -2.31. The zero-order valence-corrected chi connectivity index (χ0v) is 11.4. The van der Waals surface area contributed by atoms with Crippen molar-refractivity contribution in [1.82, 2.24) is 14.5 Å². The zero-order valence-electron chi connectivity index (χ0n) is 11.4. The van der Waals surface area contributed by atoms with Crippen LogP contribution in [0.1, 0.15) is 19.8 Å². The molecular formula is C15H21N3O. The molecule has 0 aliphatic carbocycles. The molecule has 0 bridgehead atoms. The normalized spacial score (nSPS) is 18.2. The molecule has 0 amide bonds. The van der Waals surface area contributed by atoms with Gasteiger partial charge in [-0.2, -0.15) is 0 Å². The molecule has 2 aromatic rings. The number of para-hydroxylation sites is 2. The summed E-state index contributed by atoms with van der Waals surface area (Å²) >= 11 is 0. The van der Waals surface area contributed by atoms with Gasteiger partial charge in [0.05, 0.1) is 11.0 Å². The molecule has 0 saturated carbocycles. The van der Waals surface area contributed by atoms with Crippen molar-refractivity contribution < 1.29 is 0 Å². The molecule has 1 aliphatic heterocycles. The van der Waals surface area contributed by atoms with Gasteiger partial charge in [-0.25, -0.2) is 4.79 Å². The second-order valence-electron chi connectivity index (χ2n) is 5.44. The Labute approximate surface area is 113 Å². The minimum absolute atomic E-state index is 0.0270. The van der Waals surface area contributed by atoms with Gasteiger partial charge in [0.25, 0.3) is 0 Å². The van der Waals surface area contributed by atoms with Gasteiger partial charge in [0.15, 0.2) is 0 Å². The number of benzene rings is 1. The second-order valence-corrected chi connectivity index (χ2v) is 5.44.